The van der Waals surface area contributed by atoms with Gasteiger partial charge in [0.15, 0.2) is 0 Å². The Labute approximate surface area is 137 Å². The van der Waals surface area contributed by atoms with Crippen molar-refractivity contribution >= 4 is 19.1 Å². The van der Waals surface area contributed by atoms with Crippen LogP contribution in [0.3, 0.4) is 0 Å². The fourth-order valence-corrected chi connectivity index (χ4v) is 2.13. The zero-order valence-electron chi connectivity index (χ0n) is 14.8. The molecule has 1 saturated heterocycles. The molecule has 8 heteroatoms. The molecule has 23 heavy (non-hydrogen) atoms. The van der Waals surface area contributed by atoms with Gasteiger partial charge in [0.25, 0.3) is 0 Å². The summed E-state index contributed by atoms with van der Waals surface area (Å²) in [6.45, 7) is 9.76. The molecule has 1 fully saturated rings. The van der Waals surface area contributed by atoms with Crippen molar-refractivity contribution in [2.24, 2.45) is 0 Å². The van der Waals surface area contributed by atoms with Crippen LogP contribution >= 0.6 is 0 Å². The number of esters is 2. The predicted octanol–water partition coefficient (Wildman–Crippen LogP) is 1.33. The first-order valence-corrected chi connectivity index (χ1v) is 7.72. The highest BCUT2D eigenvalue weighted by molar-refractivity contribution is 6.45. The van der Waals surface area contributed by atoms with Crippen LogP contribution in [0, 0.1) is 0 Å². The third-order valence-corrected chi connectivity index (χ3v) is 4.24. The van der Waals surface area contributed by atoms with E-state index in [0.29, 0.717) is 6.32 Å². The van der Waals surface area contributed by atoms with Gasteiger partial charge in [0.1, 0.15) is 18.8 Å². The van der Waals surface area contributed by atoms with E-state index in [9.17, 15) is 14.7 Å². The lowest BCUT2D eigenvalue weighted by molar-refractivity contribution is -0.160. The molecule has 0 spiro atoms. The maximum atomic E-state index is 11.0. The van der Waals surface area contributed by atoms with E-state index in [0.717, 1.165) is 0 Å². The van der Waals surface area contributed by atoms with Crippen molar-refractivity contribution in [1.82, 2.24) is 0 Å². The molecule has 0 radical (unpaired) electrons. The molecule has 0 bridgehead atoms. The van der Waals surface area contributed by atoms with Gasteiger partial charge in [0.05, 0.1) is 11.2 Å². The number of rotatable bonds is 7. The molecule has 0 aromatic rings. The number of aliphatic hydroxyl groups is 1. The third-order valence-electron chi connectivity index (χ3n) is 4.24. The van der Waals surface area contributed by atoms with Crippen molar-refractivity contribution in [3.8, 4) is 0 Å². The van der Waals surface area contributed by atoms with Gasteiger partial charge in [-0.15, -0.1) is 0 Å². The topological polar surface area (TPSA) is 91.3 Å². The quantitative estimate of drug-likeness (QED) is 0.556. The van der Waals surface area contributed by atoms with Crippen molar-refractivity contribution in [3.63, 3.8) is 0 Å². The average Bonchev–Trinajstić information content (AvgIpc) is 2.60. The molecule has 132 valence electrons. The Morgan fingerprint density at radius 2 is 1.39 bits per heavy atom. The molecule has 0 aromatic heterocycles. The van der Waals surface area contributed by atoms with Crippen molar-refractivity contribution in [3.05, 3.63) is 0 Å². The van der Waals surface area contributed by atoms with Gasteiger partial charge in [-0.05, 0) is 40.4 Å². The van der Waals surface area contributed by atoms with Gasteiger partial charge in [-0.3, -0.25) is 9.59 Å². The Morgan fingerprint density at radius 3 is 1.74 bits per heavy atom. The summed E-state index contributed by atoms with van der Waals surface area (Å²) in [5.41, 5.74) is -2.38. The molecular weight excluding hydrogens is 303 g/mol. The molecule has 1 heterocycles. The normalized spacial score (nSPS) is 19.5. The van der Waals surface area contributed by atoms with Crippen molar-refractivity contribution in [2.45, 2.75) is 71.1 Å². The Kier molecular flexibility index (Phi) is 6.23. The lowest BCUT2D eigenvalue weighted by Crippen LogP contribution is -2.42. The van der Waals surface area contributed by atoms with Gasteiger partial charge in [-0.2, -0.15) is 0 Å². The van der Waals surface area contributed by atoms with E-state index in [1.807, 2.05) is 27.7 Å². The van der Waals surface area contributed by atoms with E-state index in [2.05, 4.69) is 0 Å². The first kappa shape index (κ1) is 19.9. The first-order chi connectivity index (χ1) is 10.4. The summed E-state index contributed by atoms with van der Waals surface area (Å²) in [6, 6.07) is 0. The van der Waals surface area contributed by atoms with Crippen LogP contribution in [0.15, 0.2) is 0 Å². The molecule has 1 aliphatic heterocycles. The zero-order valence-corrected chi connectivity index (χ0v) is 14.8. The van der Waals surface area contributed by atoms with Crippen LogP contribution in [-0.2, 0) is 28.4 Å². The number of carbonyl (C=O) groups excluding carboxylic acids is 2. The fraction of sp³-hybridized carbons (Fsp3) is 0.867. The van der Waals surface area contributed by atoms with Crippen LogP contribution in [0.4, 0.5) is 0 Å². The van der Waals surface area contributed by atoms with Gasteiger partial charge in [-0.1, -0.05) is 0 Å². The number of hydrogen-bond donors (Lipinski definition) is 1. The van der Waals surface area contributed by atoms with Gasteiger partial charge in [0, 0.05) is 13.8 Å². The molecule has 0 aliphatic carbocycles. The smallest absolute Gasteiger partial charge is 0.457 e. The van der Waals surface area contributed by atoms with E-state index in [4.69, 9.17) is 18.8 Å². The van der Waals surface area contributed by atoms with Crippen LogP contribution in [0.1, 0.15) is 48.0 Å². The highest BCUT2D eigenvalue weighted by Gasteiger charge is 2.51. The minimum atomic E-state index is -1.47. The molecule has 0 saturated carbocycles. The first-order valence-electron chi connectivity index (χ1n) is 7.72. The minimum Gasteiger partial charge on any atom is -0.463 e. The second-order valence-electron chi connectivity index (χ2n) is 7.01. The van der Waals surface area contributed by atoms with Gasteiger partial charge in [0.2, 0.25) is 0 Å². The van der Waals surface area contributed by atoms with Crippen LogP contribution in [0.5, 0.6) is 0 Å². The summed E-state index contributed by atoms with van der Waals surface area (Å²) in [6.07, 6.45) is 0.580. The largest absolute Gasteiger partial charge is 0.463 e. The minimum absolute atomic E-state index is 0.199. The fourth-order valence-electron chi connectivity index (χ4n) is 2.13. The summed E-state index contributed by atoms with van der Waals surface area (Å²) in [5, 5.41) is 10.6. The van der Waals surface area contributed by atoms with Gasteiger partial charge < -0.3 is 23.9 Å². The van der Waals surface area contributed by atoms with E-state index in [1.54, 1.807) is 0 Å². The van der Waals surface area contributed by atoms with Crippen LogP contribution < -0.4 is 0 Å². The molecule has 0 atom stereocenters. The van der Waals surface area contributed by atoms with E-state index < -0.39 is 35.9 Å². The van der Waals surface area contributed by atoms with Gasteiger partial charge >= 0.3 is 19.1 Å². The molecule has 1 N–H and O–H groups in total. The molecule has 0 aromatic carbocycles. The maximum Gasteiger partial charge on any atom is 0.457 e. The standard InChI is InChI=1S/C15H27BO7/c1-11(17)20-9-15(19,10-21-12(2)18)7-8-16-22-13(3,4)14(5,6)23-16/h19H,7-10H2,1-6H3. The Balaban J connectivity index is 2.63. The highest BCUT2D eigenvalue weighted by atomic mass is 16.7. The van der Waals surface area contributed by atoms with Crippen LogP contribution in [-0.4, -0.2) is 54.2 Å². The monoisotopic (exact) mass is 330 g/mol. The van der Waals surface area contributed by atoms with Gasteiger partial charge in [-0.25, -0.2) is 0 Å². The lowest BCUT2D eigenvalue weighted by atomic mass is 9.78. The lowest BCUT2D eigenvalue weighted by Gasteiger charge is -2.32. The molecule has 0 amide bonds. The Hall–Kier alpha value is -1.12. The zero-order chi connectivity index (χ0) is 17.9. The Morgan fingerprint density at radius 1 is 1.00 bits per heavy atom. The molecule has 0 unspecified atom stereocenters. The van der Waals surface area contributed by atoms with E-state index >= 15 is 0 Å². The third kappa shape index (κ3) is 5.78. The number of carbonyl (C=O) groups is 2. The SMILES string of the molecule is CC(=O)OCC(O)(CCB1OC(C)(C)C(C)(C)O1)COC(C)=O. The van der Waals surface area contributed by atoms with Crippen LogP contribution in [0.25, 0.3) is 0 Å². The average molecular weight is 330 g/mol. The van der Waals surface area contributed by atoms with Crippen LogP contribution in [0.2, 0.25) is 6.32 Å². The number of hydrogen-bond acceptors (Lipinski definition) is 7. The highest BCUT2D eigenvalue weighted by Crippen LogP contribution is 2.38. The second-order valence-corrected chi connectivity index (χ2v) is 7.01. The summed E-state index contributed by atoms with van der Waals surface area (Å²) in [4.78, 5) is 21.9. The van der Waals surface area contributed by atoms with E-state index in [1.165, 1.54) is 13.8 Å². The summed E-state index contributed by atoms with van der Waals surface area (Å²) in [7, 11) is -0.485. The Bertz CT molecular complexity index is 413. The number of ether oxygens (including phenoxy) is 2. The molecular formula is C15H27BO7. The molecule has 7 nitrogen and oxygen atoms in total. The molecule has 1 aliphatic rings. The van der Waals surface area contributed by atoms with Crippen molar-refractivity contribution in [1.29, 1.82) is 0 Å². The molecule has 1 rings (SSSR count). The summed E-state index contributed by atoms with van der Waals surface area (Å²) < 4.78 is 21.5. The summed E-state index contributed by atoms with van der Waals surface area (Å²) >= 11 is 0. The van der Waals surface area contributed by atoms with Crippen molar-refractivity contribution in [2.75, 3.05) is 13.2 Å². The maximum absolute atomic E-state index is 11.0. The van der Waals surface area contributed by atoms with E-state index in [-0.39, 0.29) is 19.6 Å². The summed E-state index contributed by atoms with van der Waals surface area (Å²) in [5.74, 6) is -1.02. The predicted molar refractivity (Wildman–Crippen MR) is 83.7 cm³/mol. The van der Waals surface area contributed by atoms with Crippen molar-refractivity contribution < 1.29 is 33.5 Å². The second kappa shape index (κ2) is 7.19.